The zero-order valence-electron chi connectivity index (χ0n) is 3.02. The van der Waals surface area contributed by atoms with Crippen LogP contribution in [0.5, 0.6) is 0 Å². The van der Waals surface area contributed by atoms with E-state index in [9.17, 15) is 4.79 Å². The molecule has 0 rings (SSSR count). The Morgan fingerprint density at radius 3 is 2.33 bits per heavy atom. The Morgan fingerprint density at radius 2 is 2.33 bits per heavy atom. The number of hydrogen-bond acceptors (Lipinski definition) is 2. The summed E-state index contributed by atoms with van der Waals surface area (Å²) in [5.41, 5.74) is 0. The van der Waals surface area contributed by atoms with Crippen LogP contribution in [0.1, 0.15) is 0 Å². The van der Waals surface area contributed by atoms with E-state index in [4.69, 9.17) is 17.0 Å². The van der Waals surface area contributed by atoms with Gasteiger partial charge in [0.15, 0.2) is 0 Å². The Morgan fingerprint density at radius 1 is 1.83 bits per heavy atom. The lowest BCUT2D eigenvalue weighted by molar-refractivity contribution is -0.106. The van der Waals surface area contributed by atoms with Gasteiger partial charge in [-0.2, -0.15) is 0 Å². The molecule has 0 aromatic carbocycles. The second-order valence-electron chi connectivity index (χ2n) is 0.747. The monoisotopic (exact) mass is 105 g/mol. The van der Waals surface area contributed by atoms with Crippen LogP contribution < -0.4 is 0 Å². The van der Waals surface area contributed by atoms with E-state index in [1.807, 2.05) is 0 Å². The first-order valence-electron chi connectivity index (χ1n) is 1.41. The van der Waals surface area contributed by atoms with E-state index >= 15 is 0 Å². The number of alkyl halides is 1. The zero-order chi connectivity index (χ0) is 4.99. The molecule has 0 amide bonds. The van der Waals surface area contributed by atoms with Crippen LogP contribution in [0.2, 0.25) is 0 Å². The molecule has 1 unspecified atom stereocenters. The molecule has 0 aromatic heterocycles. The van der Waals surface area contributed by atoms with E-state index in [2.05, 4.69) is 0 Å². The molecule has 0 saturated carbocycles. The lowest BCUT2D eigenvalue weighted by Gasteiger charge is -1.78. The van der Waals surface area contributed by atoms with Crippen molar-refractivity contribution in [1.82, 2.24) is 0 Å². The Hall–Kier alpha value is -0.370. The average Bonchev–Trinajstić information content (AvgIpc) is 1.65. The van der Waals surface area contributed by atoms with Crippen molar-refractivity contribution in [2.75, 3.05) is 0 Å². The molecule has 1 atom stereocenters. The van der Waals surface area contributed by atoms with E-state index in [1.54, 1.807) is 0 Å². The fraction of sp³-hybridized carbons (Fsp3) is 0.333. The van der Waals surface area contributed by atoms with Gasteiger partial charge in [0.05, 0.1) is 0 Å². The third-order valence-corrected chi connectivity index (χ3v) is 0.518. The molecule has 0 aromatic rings. The lowest BCUT2D eigenvalue weighted by atomic mass is 10.5. The molecule has 0 heterocycles. The van der Waals surface area contributed by atoms with Crippen molar-refractivity contribution in [3.05, 3.63) is 0 Å². The zero-order valence-corrected chi connectivity index (χ0v) is 3.77. The van der Waals surface area contributed by atoms with Gasteiger partial charge in [0.2, 0.25) is 0 Å². The molecule has 0 radical (unpaired) electrons. The molecular formula is C3H4ClNO. The van der Waals surface area contributed by atoms with E-state index in [0.29, 0.717) is 6.29 Å². The number of carbonyl (C=O) groups excluding carboxylic acids is 1. The van der Waals surface area contributed by atoms with Crippen LogP contribution in [0.4, 0.5) is 0 Å². The molecule has 0 saturated heterocycles. The van der Waals surface area contributed by atoms with E-state index in [-0.39, 0.29) is 0 Å². The fourth-order valence-electron chi connectivity index (χ4n) is 0.0393. The first-order valence-corrected chi connectivity index (χ1v) is 1.85. The summed E-state index contributed by atoms with van der Waals surface area (Å²) in [5.74, 6) is 0. The number of halogens is 1. The van der Waals surface area contributed by atoms with Gasteiger partial charge in [0.1, 0.15) is 11.7 Å². The maximum absolute atomic E-state index is 9.45. The highest BCUT2D eigenvalue weighted by Crippen LogP contribution is 1.80. The van der Waals surface area contributed by atoms with Gasteiger partial charge >= 0.3 is 0 Å². The summed E-state index contributed by atoms with van der Waals surface area (Å²) in [7, 11) is 0. The second kappa shape index (κ2) is 2.85. The van der Waals surface area contributed by atoms with Crippen molar-refractivity contribution in [1.29, 1.82) is 5.41 Å². The molecule has 1 N–H and O–H groups in total. The summed E-state index contributed by atoms with van der Waals surface area (Å²) in [4.78, 5) is 9.45. The number of rotatable bonds is 2. The minimum absolute atomic E-state index is 0.495. The summed E-state index contributed by atoms with van der Waals surface area (Å²) >= 11 is 5.04. The van der Waals surface area contributed by atoms with Gasteiger partial charge in [0.25, 0.3) is 0 Å². The van der Waals surface area contributed by atoms with E-state index < -0.39 is 5.38 Å². The topological polar surface area (TPSA) is 40.9 Å². The van der Waals surface area contributed by atoms with Crippen molar-refractivity contribution in [2.24, 2.45) is 0 Å². The summed E-state index contributed by atoms with van der Waals surface area (Å²) in [6, 6.07) is 0. The van der Waals surface area contributed by atoms with Crippen molar-refractivity contribution in [3.63, 3.8) is 0 Å². The van der Waals surface area contributed by atoms with Crippen LogP contribution in [0.25, 0.3) is 0 Å². The summed E-state index contributed by atoms with van der Waals surface area (Å²) < 4.78 is 0. The molecule has 3 heteroatoms. The van der Waals surface area contributed by atoms with Gasteiger partial charge in [0, 0.05) is 6.21 Å². The molecule has 0 fully saturated rings. The summed E-state index contributed by atoms with van der Waals surface area (Å²) in [6.45, 7) is 0. The molecule has 0 aliphatic heterocycles. The predicted octanol–water partition coefficient (Wildman–Crippen LogP) is 0.442. The first-order chi connectivity index (χ1) is 2.81. The van der Waals surface area contributed by atoms with Gasteiger partial charge < -0.3 is 10.2 Å². The standard InChI is InChI=1S/C3H4ClNO/c4-3(1-5)2-6/h1-3,5H. The molecule has 0 spiro atoms. The first kappa shape index (κ1) is 5.63. The van der Waals surface area contributed by atoms with Crippen molar-refractivity contribution < 1.29 is 4.79 Å². The predicted molar refractivity (Wildman–Crippen MR) is 24.5 cm³/mol. The van der Waals surface area contributed by atoms with Crippen LogP contribution in [-0.4, -0.2) is 17.9 Å². The van der Waals surface area contributed by atoms with Gasteiger partial charge in [-0.15, -0.1) is 11.6 Å². The highest BCUT2D eigenvalue weighted by Gasteiger charge is 1.89. The molecule has 2 nitrogen and oxygen atoms in total. The number of aldehydes is 1. The van der Waals surface area contributed by atoms with Crippen molar-refractivity contribution >= 4 is 24.1 Å². The third-order valence-electron chi connectivity index (χ3n) is 0.289. The highest BCUT2D eigenvalue weighted by molar-refractivity contribution is 6.35. The van der Waals surface area contributed by atoms with Gasteiger partial charge in [-0.1, -0.05) is 0 Å². The van der Waals surface area contributed by atoms with E-state index in [0.717, 1.165) is 6.21 Å². The van der Waals surface area contributed by atoms with Crippen LogP contribution >= 0.6 is 11.6 Å². The molecular weight excluding hydrogens is 101 g/mol. The number of hydrogen-bond donors (Lipinski definition) is 1. The van der Waals surface area contributed by atoms with Crippen LogP contribution in [0.3, 0.4) is 0 Å². The Kier molecular flexibility index (Phi) is 2.67. The van der Waals surface area contributed by atoms with Crippen LogP contribution in [0, 0.1) is 5.41 Å². The van der Waals surface area contributed by atoms with Gasteiger partial charge in [-0.25, -0.2) is 0 Å². The Balaban J connectivity index is 3.21. The molecule has 34 valence electrons. The molecule has 0 aliphatic rings. The van der Waals surface area contributed by atoms with Crippen molar-refractivity contribution in [3.8, 4) is 0 Å². The second-order valence-corrected chi connectivity index (χ2v) is 1.25. The lowest BCUT2D eigenvalue weighted by Crippen LogP contribution is -1.97. The van der Waals surface area contributed by atoms with Crippen LogP contribution in [0.15, 0.2) is 0 Å². The van der Waals surface area contributed by atoms with Crippen molar-refractivity contribution in [2.45, 2.75) is 5.38 Å². The Bertz CT molecular complexity index is 55.8. The molecule has 0 bridgehead atoms. The summed E-state index contributed by atoms with van der Waals surface area (Å²) in [6.07, 6.45) is 1.36. The van der Waals surface area contributed by atoms with Gasteiger partial charge in [-0.05, 0) is 0 Å². The SMILES string of the molecule is N=CC(Cl)C=O. The van der Waals surface area contributed by atoms with Gasteiger partial charge in [-0.3, -0.25) is 0 Å². The third kappa shape index (κ3) is 1.91. The Labute approximate surface area is 40.6 Å². The average molecular weight is 106 g/mol. The van der Waals surface area contributed by atoms with Crippen LogP contribution in [-0.2, 0) is 4.79 Å². The number of nitrogens with one attached hydrogen (secondary N) is 1. The maximum atomic E-state index is 9.45. The molecule has 0 aliphatic carbocycles. The maximum Gasteiger partial charge on any atom is 0.143 e. The minimum Gasteiger partial charge on any atom is -0.311 e. The number of carbonyl (C=O) groups is 1. The highest BCUT2D eigenvalue weighted by atomic mass is 35.5. The largest absolute Gasteiger partial charge is 0.311 e. The normalized spacial score (nSPS) is 12.8. The quantitative estimate of drug-likeness (QED) is 0.309. The molecule has 6 heavy (non-hydrogen) atoms. The van der Waals surface area contributed by atoms with E-state index in [1.165, 1.54) is 0 Å². The fourth-order valence-corrected chi connectivity index (χ4v) is 0.0393. The summed E-state index contributed by atoms with van der Waals surface area (Å²) in [5, 5.41) is 5.59. The minimum atomic E-state index is -0.731. The smallest absolute Gasteiger partial charge is 0.143 e.